The summed E-state index contributed by atoms with van der Waals surface area (Å²) in [6.07, 6.45) is 10.6. The fourth-order valence-corrected chi connectivity index (χ4v) is 3.51. The highest BCUT2D eigenvalue weighted by Crippen LogP contribution is 2.30. The lowest BCUT2D eigenvalue weighted by molar-refractivity contribution is -0.117. The number of aryl methyl sites for hydroxylation is 1. The van der Waals surface area contributed by atoms with Crippen LogP contribution in [0.15, 0.2) is 67.3 Å². The molecule has 0 saturated heterocycles. The van der Waals surface area contributed by atoms with Crippen LogP contribution in [-0.4, -0.2) is 22.6 Å². The molecule has 1 amide bonds. The summed E-state index contributed by atoms with van der Waals surface area (Å²) in [6, 6.07) is 14.2. The van der Waals surface area contributed by atoms with Crippen LogP contribution < -0.4 is 10.1 Å². The van der Waals surface area contributed by atoms with Gasteiger partial charge in [-0.05, 0) is 47.7 Å². The maximum Gasteiger partial charge on any atom is 0.244 e. The average Bonchev–Trinajstić information content (AvgIpc) is 3.37. The van der Waals surface area contributed by atoms with Crippen LogP contribution in [0.1, 0.15) is 29.2 Å². The molecule has 0 radical (unpaired) electrons. The van der Waals surface area contributed by atoms with Gasteiger partial charge >= 0.3 is 0 Å². The summed E-state index contributed by atoms with van der Waals surface area (Å²) in [5.74, 6) is 0.634. The Balaban J connectivity index is 1.46. The molecule has 0 bridgehead atoms. The number of hydrogen-bond acceptors (Lipinski definition) is 3. The largest absolute Gasteiger partial charge is 0.495 e. The number of fused-ring (bicyclic) bond motifs is 1. The molecule has 27 heavy (non-hydrogen) atoms. The van der Waals surface area contributed by atoms with Crippen molar-refractivity contribution < 1.29 is 9.53 Å². The number of nitrogens with one attached hydrogen (secondary N) is 1. The van der Waals surface area contributed by atoms with Gasteiger partial charge in [-0.15, -0.1) is 0 Å². The van der Waals surface area contributed by atoms with E-state index < -0.39 is 0 Å². The average molecular weight is 359 g/mol. The molecule has 4 rings (SSSR count). The highest BCUT2D eigenvalue weighted by molar-refractivity contribution is 5.92. The number of carbonyl (C=O) groups excluding carboxylic acids is 1. The van der Waals surface area contributed by atoms with E-state index in [1.165, 1.54) is 11.1 Å². The predicted molar refractivity (Wildman–Crippen MR) is 105 cm³/mol. The molecule has 5 nitrogen and oxygen atoms in total. The van der Waals surface area contributed by atoms with Gasteiger partial charge in [0.2, 0.25) is 5.91 Å². The Morgan fingerprint density at radius 1 is 1.30 bits per heavy atom. The SMILES string of the molecule is COc1cc(/C=C/C(=O)NC2CCc3ccccc32)ccc1-n1ccnc1. The van der Waals surface area contributed by atoms with E-state index in [1.807, 2.05) is 41.1 Å². The third-order valence-electron chi connectivity index (χ3n) is 4.86. The molecule has 0 fully saturated rings. The molecule has 1 aliphatic carbocycles. The maximum absolute atomic E-state index is 12.3. The van der Waals surface area contributed by atoms with Crippen molar-refractivity contribution in [3.8, 4) is 11.4 Å². The van der Waals surface area contributed by atoms with Gasteiger partial charge in [-0.1, -0.05) is 30.3 Å². The third kappa shape index (κ3) is 3.62. The summed E-state index contributed by atoms with van der Waals surface area (Å²) in [4.78, 5) is 16.4. The highest BCUT2D eigenvalue weighted by Gasteiger charge is 2.22. The van der Waals surface area contributed by atoms with Crippen molar-refractivity contribution in [1.29, 1.82) is 0 Å². The van der Waals surface area contributed by atoms with E-state index in [9.17, 15) is 4.79 Å². The van der Waals surface area contributed by atoms with Gasteiger partial charge in [-0.2, -0.15) is 0 Å². The molecule has 0 aliphatic heterocycles. The van der Waals surface area contributed by atoms with Crippen molar-refractivity contribution in [1.82, 2.24) is 14.9 Å². The molecule has 1 heterocycles. The fraction of sp³-hybridized carbons (Fsp3) is 0.182. The van der Waals surface area contributed by atoms with Gasteiger partial charge in [0.05, 0.1) is 25.2 Å². The lowest BCUT2D eigenvalue weighted by atomic mass is 10.1. The summed E-state index contributed by atoms with van der Waals surface area (Å²) < 4.78 is 7.37. The van der Waals surface area contributed by atoms with Crippen LogP contribution in [0.25, 0.3) is 11.8 Å². The Hall–Kier alpha value is -3.34. The Morgan fingerprint density at radius 3 is 3.00 bits per heavy atom. The Labute approximate surface area is 158 Å². The van der Waals surface area contributed by atoms with Crippen LogP contribution in [0, 0.1) is 0 Å². The van der Waals surface area contributed by atoms with E-state index in [-0.39, 0.29) is 11.9 Å². The molecular formula is C22H21N3O2. The van der Waals surface area contributed by atoms with Crippen molar-refractivity contribution in [2.45, 2.75) is 18.9 Å². The van der Waals surface area contributed by atoms with Crippen LogP contribution in [-0.2, 0) is 11.2 Å². The van der Waals surface area contributed by atoms with Crippen LogP contribution in [0.4, 0.5) is 0 Å². The van der Waals surface area contributed by atoms with Gasteiger partial charge in [0.25, 0.3) is 0 Å². The van der Waals surface area contributed by atoms with E-state index in [0.717, 1.165) is 29.8 Å². The minimum absolute atomic E-state index is 0.0886. The molecule has 1 unspecified atom stereocenters. The standard InChI is InChI=1S/C22H21N3O2/c1-27-21-14-16(6-10-20(21)25-13-12-23-15-25)7-11-22(26)24-19-9-8-17-4-2-3-5-18(17)19/h2-7,10-15,19H,8-9H2,1H3,(H,24,26)/b11-7+. The monoisotopic (exact) mass is 359 g/mol. The zero-order valence-corrected chi connectivity index (χ0v) is 15.1. The molecule has 1 atom stereocenters. The Kier molecular flexibility index (Phi) is 4.75. The number of hydrogen-bond donors (Lipinski definition) is 1. The fourth-order valence-electron chi connectivity index (χ4n) is 3.51. The summed E-state index contributed by atoms with van der Waals surface area (Å²) >= 11 is 0. The first-order chi connectivity index (χ1) is 13.2. The summed E-state index contributed by atoms with van der Waals surface area (Å²) in [7, 11) is 1.63. The normalized spacial score (nSPS) is 15.7. The van der Waals surface area contributed by atoms with E-state index in [1.54, 1.807) is 31.8 Å². The molecule has 3 aromatic rings. The number of ether oxygens (including phenoxy) is 1. The van der Waals surface area contributed by atoms with Gasteiger partial charge < -0.3 is 14.6 Å². The Morgan fingerprint density at radius 2 is 2.19 bits per heavy atom. The van der Waals surface area contributed by atoms with E-state index in [0.29, 0.717) is 0 Å². The quantitative estimate of drug-likeness (QED) is 0.707. The van der Waals surface area contributed by atoms with Gasteiger partial charge in [-0.3, -0.25) is 4.79 Å². The zero-order valence-electron chi connectivity index (χ0n) is 15.1. The second-order valence-electron chi connectivity index (χ2n) is 6.53. The number of amides is 1. The molecular weight excluding hydrogens is 338 g/mol. The van der Waals surface area contributed by atoms with E-state index in [4.69, 9.17) is 4.74 Å². The number of imidazole rings is 1. The van der Waals surface area contributed by atoms with Gasteiger partial charge in [0.15, 0.2) is 0 Å². The number of aromatic nitrogens is 2. The summed E-state index contributed by atoms with van der Waals surface area (Å²) in [5.41, 5.74) is 4.36. The summed E-state index contributed by atoms with van der Waals surface area (Å²) in [6.45, 7) is 0. The van der Waals surface area contributed by atoms with Crippen LogP contribution in [0.3, 0.4) is 0 Å². The van der Waals surface area contributed by atoms with Gasteiger partial charge in [0.1, 0.15) is 5.75 Å². The van der Waals surface area contributed by atoms with Crippen molar-refractivity contribution in [3.05, 3.63) is 84.0 Å². The van der Waals surface area contributed by atoms with Crippen molar-refractivity contribution in [2.75, 3.05) is 7.11 Å². The molecule has 2 aromatic carbocycles. The molecule has 1 aliphatic rings. The topological polar surface area (TPSA) is 56.1 Å². The second kappa shape index (κ2) is 7.50. The Bertz CT molecular complexity index is 977. The highest BCUT2D eigenvalue weighted by atomic mass is 16.5. The number of carbonyl (C=O) groups is 1. The minimum atomic E-state index is -0.0886. The van der Waals surface area contributed by atoms with Crippen LogP contribution >= 0.6 is 0 Å². The smallest absolute Gasteiger partial charge is 0.244 e. The maximum atomic E-state index is 12.3. The first-order valence-corrected chi connectivity index (χ1v) is 8.97. The molecule has 1 aromatic heterocycles. The number of benzene rings is 2. The molecule has 0 spiro atoms. The van der Waals surface area contributed by atoms with Crippen molar-refractivity contribution >= 4 is 12.0 Å². The van der Waals surface area contributed by atoms with Gasteiger partial charge in [0, 0.05) is 18.5 Å². The summed E-state index contributed by atoms with van der Waals surface area (Å²) in [5, 5.41) is 3.10. The number of nitrogens with zero attached hydrogens (tertiary/aromatic N) is 2. The second-order valence-corrected chi connectivity index (χ2v) is 6.53. The molecule has 1 N–H and O–H groups in total. The number of methoxy groups -OCH3 is 1. The third-order valence-corrected chi connectivity index (χ3v) is 4.86. The van der Waals surface area contributed by atoms with E-state index >= 15 is 0 Å². The first kappa shape index (κ1) is 17.1. The lowest BCUT2D eigenvalue weighted by Crippen LogP contribution is -2.25. The lowest BCUT2D eigenvalue weighted by Gasteiger charge is -2.12. The van der Waals surface area contributed by atoms with Crippen LogP contribution in [0.2, 0.25) is 0 Å². The van der Waals surface area contributed by atoms with E-state index in [2.05, 4.69) is 22.4 Å². The van der Waals surface area contributed by atoms with Crippen molar-refractivity contribution in [2.24, 2.45) is 0 Å². The molecule has 136 valence electrons. The van der Waals surface area contributed by atoms with Gasteiger partial charge in [-0.25, -0.2) is 4.98 Å². The molecule has 5 heteroatoms. The first-order valence-electron chi connectivity index (χ1n) is 8.97. The van der Waals surface area contributed by atoms with Crippen molar-refractivity contribution in [3.63, 3.8) is 0 Å². The molecule has 0 saturated carbocycles. The van der Waals surface area contributed by atoms with Crippen LogP contribution in [0.5, 0.6) is 5.75 Å². The number of rotatable bonds is 5. The zero-order chi connectivity index (χ0) is 18.6. The predicted octanol–water partition coefficient (Wildman–Crippen LogP) is 3.70. The minimum Gasteiger partial charge on any atom is -0.495 e.